The van der Waals surface area contributed by atoms with Gasteiger partial charge in [0.25, 0.3) is 5.92 Å². The van der Waals surface area contributed by atoms with Crippen LogP contribution in [-0.2, 0) is 12.6 Å². The standard InChI is InChI=1S/C13H8ClF5N2O/c14-6-1-2-9(20-4-6)21-5-7(13(17,18)19)10-8(21)3-12(15,16)11(10)22/h1-2,4-5,11,22H,3H2. The van der Waals surface area contributed by atoms with Gasteiger partial charge >= 0.3 is 6.18 Å². The van der Waals surface area contributed by atoms with E-state index in [1.165, 1.54) is 18.3 Å². The number of aromatic nitrogens is 2. The third-order valence-corrected chi connectivity index (χ3v) is 3.71. The van der Waals surface area contributed by atoms with Crippen LogP contribution in [0.5, 0.6) is 0 Å². The molecule has 0 fully saturated rings. The summed E-state index contributed by atoms with van der Waals surface area (Å²) in [5.74, 6) is -3.64. The average Bonchev–Trinajstić information content (AvgIpc) is 2.86. The molecule has 3 nitrogen and oxygen atoms in total. The first-order valence-corrected chi connectivity index (χ1v) is 6.48. The number of rotatable bonds is 1. The van der Waals surface area contributed by atoms with Crippen molar-refractivity contribution in [3.05, 3.63) is 46.4 Å². The molecule has 3 rings (SSSR count). The maximum atomic E-state index is 13.6. The first-order valence-electron chi connectivity index (χ1n) is 6.10. The van der Waals surface area contributed by atoms with Crippen LogP contribution in [0.3, 0.4) is 0 Å². The summed E-state index contributed by atoms with van der Waals surface area (Å²) in [6, 6.07) is 2.69. The molecule has 1 aliphatic carbocycles. The van der Waals surface area contributed by atoms with E-state index in [2.05, 4.69) is 4.98 Å². The molecule has 0 aliphatic heterocycles. The predicted molar refractivity (Wildman–Crippen MR) is 67.2 cm³/mol. The Labute approximate surface area is 126 Å². The Bertz CT molecular complexity index is 723. The Morgan fingerprint density at radius 3 is 2.55 bits per heavy atom. The molecule has 22 heavy (non-hydrogen) atoms. The van der Waals surface area contributed by atoms with Crippen LogP contribution in [0.15, 0.2) is 24.5 Å². The Kier molecular flexibility index (Phi) is 3.23. The predicted octanol–water partition coefficient (Wildman–Crippen LogP) is 3.77. The van der Waals surface area contributed by atoms with Crippen molar-refractivity contribution in [2.45, 2.75) is 24.6 Å². The second kappa shape index (κ2) is 4.66. The lowest BCUT2D eigenvalue weighted by molar-refractivity contribution is -0.142. The van der Waals surface area contributed by atoms with Gasteiger partial charge in [0.1, 0.15) is 11.9 Å². The molecule has 0 bridgehead atoms. The normalized spacial score (nSPS) is 20.2. The minimum atomic E-state index is -4.86. The largest absolute Gasteiger partial charge is 0.418 e. The van der Waals surface area contributed by atoms with E-state index in [1.807, 2.05) is 0 Å². The molecule has 0 spiro atoms. The number of nitrogens with zero attached hydrogens (tertiary/aromatic N) is 2. The third-order valence-electron chi connectivity index (χ3n) is 3.49. The van der Waals surface area contributed by atoms with Crippen molar-refractivity contribution in [3.63, 3.8) is 0 Å². The van der Waals surface area contributed by atoms with Crippen molar-refractivity contribution in [1.82, 2.24) is 9.55 Å². The summed E-state index contributed by atoms with van der Waals surface area (Å²) in [5.41, 5.74) is -2.39. The SMILES string of the molecule is OC1c2c(C(F)(F)F)cn(-c3ccc(Cl)cn3)c2CC1(F)F. The van der Waals surface area contributed by atoms with Crippen LogP contribution in [0.4, 0.5) is 22.0 Å². The maximum Gasteiger partial charge on any atom is 0.418 e. The number of halogens is 6. The number of fused-ring (bicyclic) bond motifs is 1. The second-order valence-electron chi connectivity index (χ2n) is 4.95. The molecule has 2 heterocycles. The van der Waals surface area contributed by atoms with Crippen LogP contribution in [0, 0.1) is 0 Å². The maximum absolute atomic E-state index is 13.6. The molecule has 0 saturated carbocycles. The zero-order valence-corrected chi connectivity index (χ0v) is 11.5. The lowest BCUT2D eigenvalue weighted by atomic mass is 10.1. The van der Waals surface area contributed by atoms with Gasteiger partial charge in [0, 0.05) is 23.7 Å². The monoisotopic (exact) mass is 338 g/mol. The molecular weight excluding hydrogens is 331 g/mol. The van der Waals surface area contributed by atoms with Gasteiger partial charge in [-0.25, -0.2) is 13.8 Å². The fourth-order valence-electron chi connectivity index (χ4n) is 2.52. The summed E-state index contributed by atoms with van der Waals surface area (Å²) in [6.45, 7) is 0. The fraction of sp³-hybridized carbons (Fsp3) is 0.308. The van der Waals surface area contributed by atoms with Gasteiger partial charge in [0.2, 0.25) is 0 Å². The number of hydrogen-bond acceptors (Lipinski definition) is 2. The van der Waals surface area contributed by atoms with E-state index in [0.29, 0.717) is 6.20 Å². The lowest BCUT2D eigenvalue weighted by Gasteiger charge is -2.16. The van der Waals surface area contributed by atoms with Gasteiger partial charge in [-0.3, -0.25) is 0 Å². The van der Waals surface area contributed by atoms with Crippen molar-refractivity contribution in [2.24, 2.45) is 0 Å². The Hall–Kier alpha value is -1.67. The molecular formula is C13H8ClF5N2O. The summed E-state index contributed by atoms with van der Waals surface area (Å²) in [5, 5.41) is 9.81. The molecule has 0 radical (unpaired) electrons. The second-order valence-corrected chi connectivity index (χ2v) is 5.38. The Balaban J connectivity index is 2.22. The molecule has 2 aromatic rings. The molecule has 9 heteroatoms. The van der Waals surface area contributed by atoms with Gasteiger partial charge in [-0.2, -0.15) is 13.2 Å². The topological polar surface area (TPSA) is 38.0 Å². The van der Waals surface area contributed by atoms with E-state index in [0.717, 1.165) is 4.57 Å². The van der Waals surface area contributed by atoms with E-state index in [1.54, 1.807) is 0 Å². The Morgan fingerprint density at radius 2 is 2.00 bits per heavy atom. The molecule has 118 valence electrons. The number of hydrogen-bond donors (Lipinski definition) is 1. The molecule has 1 atom stereocenters. The van der Waals surface area contributed by atoms with Crippen LogP contribution in [0.25, 0.3) is 5.82 Å². The van der Waals surface area contributed by atoms with Crippen LogP contribution < -0.4 is 0 Å². The molecule has 1 aliphatic rings. The van der Waals surface area contributed by atoms with Crippen LogP contribution >= 0.6 is 11.6 Å². The van der Waals surface area contributed by atoms with Crippen LogP contribution in [-0.4, -0.2) is 20.6 Å². The van der Waals surface area contributed by atoms with Crippen molar-refractivity contribution in [3.8, 4) is 5.82 Å². The van der Waals surface area contributed by atoms with E-state index in [-0.39, 0.29) is 16.5 Å². The van der Waals surface area contributed by atoms with E-state index >= 15 is 0 Å². The highest BCUT2D eigenvalue weighted by Gasteiger charge is 2.53. The third kappa shape index (κ3) is 2.26. The van der Waals surface area contributed by atoms with Gasteiger partial charge in [0.15, 0.2) is 0 Å². The summed E-state index contributed by atoms with van der Waals surface area (Å²) < 4.78 is 67.3. The molecule has 2 aromatic heterocycles. The molecule has 1 unspecified atom stereocenters. The highest BCUT2D eigenvalue weighted by atomic mass is 35.5. The van der Waals surface area contributed by atoms with E-state index < -0.39 is 35.8 Å². The smallest absolute Gasteiger partial charge is 0.382 e. The van der Waals surface area contributed by atoms with Crippen molar-refractivity contribution < 1.29 is 27.1 Å². The summed E-state index contributed by atoms with van der Waals surface area (Å²) in [6.07, 6.45) is -6.49. The quantitative estimate of drug-likeness (QED) is 0.804. The fourth-order valence-corrected chi connectivity index (χ4v) is 2.63. The highest BCUT2D eigenvalue weighted by Crippen LogP contribution is 2.49. The number of aliphatic hydroxyl groups excluding tert-OH is 1. The number of pyridine rings is 1. The summed E-state index contributed by atoms with van der Waals surface area (Å²) >= 11 is 5.65. The summed E-state index contributed by atoms with van der Waals surface area (Å²) in [4.78, 5) is 3.83. The average molecular weight is 339 g/mol. The molecule has 1 N–H and O–H groups in total. The van der Waals surface area contributed by atoms with Crippen LogP contribution in [0.2, 0.25) is 5.02 Å². The van der Waals surface area contributed by atoms with Gasteiger partial charge in [-0.05, 0) is 12.1 Å². The highest BCUT2D eigenvalue weighted by molar-refractivity contribution is 6.30. The molecule has 0 saturated heterocycles. The Morgan fingerprint density at radius 1 is 1.32 bits per heavy atom. The zero-order valence-electron chi connectivity index (χ0n) is 10.7. The minimum Gasteiger partial charge on any atom is -0.382 e. The number of aliphatic hydroxyl groups is 1. The van der Waals surface area contributed by atoms with Gasteiger partial charge in [0.05, 0.1) is 17.0 Å². The van der Waals surface area contributed by atoms with Crippen LogP contribution in [0.1, 0.15) is 22.9 Å². The zero-order chi connectivity index (χ0) is 16.3. The lowest BCUT2D eigenvalue weighted by Crippen LogP contribution is -2.24. The van der Waals surface area contributed by atoms with E-state index in [9.17, 15) is 27.1 Å². The molecule has 0 aromatic carbocycles. The van der Waals surface area contributed by atoms with Crippen molar-refractivity contribution >= 4 is 11.6 Å². The van der Waals surface area contributed by atoms with Crippen molar-refractivity contribution in [1.29, 1.82) is 0 Å². The van der Waals surface area contributed by atoms with Gasteiger partial charge in [-0.1, -0.05) is 11.6 Å². The van der Waals surface area contributed by atoms with Gasteiger partial charge in [-0.15, -0.1) is 0 Å². The van der Waals surface area contributed by atoms with E-state index in [4.69, 9.17) is 11.6 Å². The molecule has 0 amide bonds. The number of alkyl halides is 5. The van der Waals surface area contributed by atoms with Gasteiger partial charge < -0.3 is 9.67 Å². The van der Waals surface area contributed by atoms with Crippen molar-refractivity contribution in [2.75, 3.05) is 0 Å². The minimum absolute atomic E-state index is 0.0149. The first kappa shape index (κ1) is 15.2. The summed E-state index contributed by atoms with van der Waals surface area (Å²) in [7, 11) is 0. The first-order chi connectivity index (χ1) is 10.1.